The van der Waals surface area contributed by atoms with Crippen molar-refractivity contribution in [2.45, 2.75) is 18.4 Å². The van der Waals surface area contributed by atoms with Crippen LogP contribution in [-0.4, -0.2) is 25.5 Å². The highest BCUT2D eigenvalue weighted by atomic mass is 32.2. The van der Waals surface area contributed by atoms with Crippen molar-refractivity contribution in [3.05, 3.63) is 72.1 Å². The number of hydrogen-bond donors (Lipinski definition) is 1. The van der Waals surface area contributed by atoms with Gasteiger partial charge in [-0.2, -0.15) is 0 Å². The van der Waals surface area contributed by atoms with Crippen molar-refractivity contribution in [1.82, 2.24) is 9.97 Å². The van der Waals surface area contributed by atoms with E-state index in [4.69, 9.17) is 9.47 Å². The van der Waals surface area contributed by atoms with Crippen molar-refractivity contribution in [3.8, 4) is 11.6 Å². The number of aromatic nitrogens is 2. The minimum Gasteiger partial charge on any atom is -0.497 e. The van der Waals surface area contributed by atoms with E-state index >= 15 is 0 Å². The highest BCUT2D eigenvalue weighted by molar-refractivity contribution is 7.92. The molecule has 0 saturated carbocycles. The smallest absolute Gasteiger partial charge is 0.263 e. The van der Waals surface area contributed by atoms with Gasteiger partial charge in [-0.05, 0) is 36.8 Å². The van der Waals surface area contributed by atoms with Crippen molar-refractivity contribution < 1.29 is 17.9 Å². The van der Waals surface area contributed by atoms with Crippen LogP contribution in [0.15, 0.2) is 65.8 Å². The van der Waals surface area contributed by atoms with E-state index < -0.39 is 10.0 Å². The topological polar surface area (TPSA) is 90.4 Å². The van der Waals surface area contributed by atoms with Crippen LogP contribution in [0.2, 0.25) is 0 Å². The molecular formula is C19H19N3O4S. The highest BCUT2D eigenvalue weighted by Gasteiger charge is 2.18. The minimum atomic E-state index is -3.79. The van der Waals surface area contributed by atoms with Crippen molar-refractivity contribution >= 4 is 15.8 Å². The van der Waals surface area contributed by atoms with Crippen LogP contribution in [0.4, 0.5) is 5.82 Å². The first-order chi connectivity index (χ1) is 13.0. The molecule has 0 radical (unpaired) electrons. The molecule has 0 atom stereocenters. The first kappa shape index (κ1) is 18.7. The Morgan fingerprint density at radius 2 is 1.63 bits per heavy atom. The van der Waals surface area contributed by atoms with E-state index in [2.05, 4.69) is 14.7 Å². The fourth-order valence-electron chi connectivity index (χ4n) is 2.28. The third kappa shape index (κ3) is 4.73. The number of nitrogens with one attached hydrogen (secondary N) is 1. The Bertz CT molecular complexity index is 1000. The van der Waals surface area contributed by atoms with Crippen LogP contribution in [-0.2, 0) is 16.6 Å². The molecule has 140 valence electrons. The maximum Gasteiger partial charge on any atom is 0.263 e. The summed E-state index contributed by atoms with van der Waals surface area (Å²) in [5, 5.41) is 0. The van der Waals surface area contributed by atoms with E-state index in [0.717, 1.165) is 16.9 Å². The van der Waals surface area contributed by atoms with Gasteiger partial charge in [0.25, 0.3) is 15.9 Å². The van der Waals surface area contributed by atoms with E-state index in [1.165, 1.54) is 24.5 Å². The fraction of sp³-hybridized carbons (Fsp3) is 0.158. The van der Waals surface area contributed by atoms with Crippen LogP contribution in [0.3, 0.4) is 0 Å². The van der Waals surface area contributed by atoms with E-state index in [1.807, 2.05) is 31.2 Å². The summed E-state index contributed by atoms with van der Waals surface area (Å²) < 4.78 is 38.3. The third-order valence-corrected chi connectivity index (χ3v) is 5.12. The Morgan fingerprint density at radius 1 is 0.963 bits per heavy atom. The summed E-state index contributed by atoms with van der Waals surface area (Å²) >= 11 is 0. The molecule has 7 nitrogen and oxygen atoms in total. The molecule has 0 unspecified atom stereocenters. The molecule has 3 aromatic rings. The number of nitrogens with zero attached hydrogens (tertiary/aromatic N) is 2. The van der Waals surface area contributed by atoms with Crippen molar-refractivity contribution in [1.29, 1.82) is 0 Å². The number of sulfonamides is 1. The maximum absolute atomic E-state index is 12.6. The maximum atomic E-state index is 12.6. The monoisotopic (exact) mass is 385 g/mol. The zero-order valence-corrected chi connectivity index (χ0v) is 15.7. The number of rotatable bonds is 7. The van der Waals surface area contributed by atoms with E-state index in [-0.39, 0.29) is 23.2 Å². The summed E-state index contributed by atoms with van der Waals surface area (Å²) in [7, 11) is -2.20. The quantitative estimate of drug-likeness (QED) is 0.672. The van der Waals surface area contributed by atoms with Gasteiger partial charge < -0.3 is 9.47 Å². The lowest BCUT2D eigenvalue weighted by Crippen LogP contribution is -2.15. The van der Waals surface area contributed by atoms with E-state index in [1.54, 1.807) is 19.2 Å². The van der Waals surface area contributed by atoms with Gasteiger partial charge in [0.2, 0.25) is 5.82 Å². The molecule has 0 aliphatic carbocycles. The van der Waals surface area contributed by atoms with E-state index in [0.29, 0.717) is 0 Å². The summed E-state index contributed by atoms with van der Waals surface area (Å²) in [4.78, 5) is 8.27. The van der Waals surface area contributed by atoms with Crippen LogP contribution in [0, 0.1) is 6.92 Å². The molecule has 0 bridgehead atoms. The lowest BCUT2D eigenvalue weighted by atomic mass is 10.2. The summed E-state index contributed by atoms with van der Waals surface area (Å²) in [6.45, 7) is 2.10. The van der Waals surface area contributed by atoms with Gasteiger partial charge in [0, 0.05) is 12.4 Å². The number of aryl methyl sites for hydroxylation is 1. The Hall–Kier alpha value is -3.13. The van der Waals surface area contributed by atoms with Crippen LogP contribution in [0.5, 0.6) is 11.6 Å². The standard InChI is InChI=1S/C19H19N3O4S/c1-14-3-9-17(10-4-14)27(23,24)22-18-19(21-12-11-20-18)26-13-15-5-7-16(25-2)8-6-15/h3-12H,13H2,1-2H3,(H,20,22). The first-order valence-corrected chi connectivity index (χ1v) is 9.62. The molecule has 0 fully saturated rings. The van der Waals surface area contributed by atoms with Gasteiger partial charge >= 0.3 is 0 Å². The summed E-state index contributed by atoms with van der Waals surface area (Å²) in [5.74, 6) is 0.875. The van der Waals surface area contributed by atoms with Crippen LogP contribution < -0.4 is 14.2 Å². The van der Waals surface area contributed by atoms with E-state index in [9.17, 15) is 8.42 Å². The van der Waals surface area contributed by atoms with Gasteiger partial charge in [0.15, 0.2) is 0 Å². The third-order valence-electron chi connectivity index (χ3n) is 3.76. The van der Waals surface area contributed by atoms with Gasteiger partial charge in [-0.1, -0.05) is 29.8 Å². The predicted octanol–water partition coefficient (Wildman–Crippen LogP) is 3.17. The number of hydrogen-bond acceptors (Lipinski definition) is 6. The van der Waals surface area contributed by atoms with Crippen molar-refractivity contribution in [3.63, 3.8) is 0 Å². The van der Waals surface area contributed by atoms with Crippen molar-refractivity contribution in [2.75, 3.05) is 11.8 Å². The van der Waals surface area contributed by atoms with Gasteiger partial charge in [-0.15, -0.1) is 0 Å². The molecule has 0 saturated heterocycles. The lowest BCUT2D eigenvalue weighted by Gasteiger charge is -2.12. The average molecular weight is 385 g/mol. The molecule has 0 amide bonds. The Morgan fingerprint density at radius 3 is 2.30 bits per heavy atom. The zero-order chi connectivity index (χ0) is 19.3. The Kier molecular flexibility index (Phi) is 5.56. The molecule has 0 aliphatic heterocycles. The molecule has 1 aromatic heterocycles. The number of ether oxygens (including phenoxy) is 2. The second-order valence-electron chi connectivity index (χ2n) is 5.77. The second-order valence-corrected chi connectivity index (χ2v) is 7.45. The molecule has 2 aromatic carbocycles. The number of anilines is 1. The first-order valence-electron chi connectivity index (χ1n) is 8.14. The average Bonchev–Trinajstić information content (AvgIpc) is 2.68. The molecular weight excluding hydrogens is 366 g/mol. The highest BCUT2D eigenvalue weighted by Crippen LogP contribution is 2.23. The molecule has 27 heavy (non-hydrogen) atoms. The molecule has 1 heterocycles. The summed E-state index contributed by atoms with van der Waals surface area (Å²) in [5.41, 5.74) is 1.85. The normalized spacial score (nSPS) is 11.0. The predicted molar refractivity (Wildman–Crippen MR) is 101 cm³/mol. The number of methoxy groups -OCH3 is 1. The molecule has 1 N–H and O–H groups in total. The zero-order valence-electron chi connectivity index (χ0n) is 14.9. The van der Waals surface area contributed by atoms with Gasteiger partial charge in [-0.25, -0.2) is 18.4 Å². The largest absolute Gasteiger partial charge is 0.497 e. The second kappa shape index (κ2) is 8.05. The molecule has 3 rings (SSSR count). The Balaban J connectivity index is 1.76. The van der Waals surface area contributed by atoms with Crippen molar-refractivity contribution in [2.24, 2.45) is 0 Å². The van der Waals surface area contributed by atoms with Gasteiger partial charge in [0.1, 0.15) is 12.4 Å². The van der Waals surface area contributed by atoms with Crippen LogP contribution >= 0.6 is 0 Å². The molecule has 0 spiro atoms. The summed E-state index contributed by atoms with van der Waals surface area (Å²) in [6, 6.07) is 13.9. The summed E-state index contributed by atoms with van der Waals surface area (Å²) in [6.07, 6.45) is 2.83. The minimum absolute atomic E-state index is 0.0339. The fourth-order valence-corrected chi connectivity index (χ4v) is 3.28. The molecule has 0 aliphatic rings. The lowest BCUT2D eigenvalue weighted by molar-refractivity contribution is 0.294. The van der Waals surface area contributed by atoms with Gasteiger partial charge in [0.05, 0.1) is 12.0 Å². The van der Waals surface area contributed by atoms with Crippen LogP contribution in [0.25, 0.3) is 0 Å². The molecule has 8 heteroatoms. The number of benzene rings is 2. The Labute approximate surface area is 158 Å². The van der Waals surface area contributed by atoms with Crippen LogP contribution in [0.1, 0.15) is 11.1 Å². The SMILES string of the molecule is COc1ccc(COc2nccnc2NS(=O)(=O)c2ccc(C)cc2)cc1. The van der Waals surface area contributed by atoms with Gasteiger partial charge in [-0.3, -0.25) is 4.72 Å².